The van der Waals surface area contributed by atoms with E-state index in [1.807, 2.05) is 12.1 Å². The van der Waals surface area contributed by atoms with E-state index in [4.69, 9.17) is 4.52 Å². The van der Waals surface area contributed by atoms with Crippen LogP contribution >= 0.6 is 0 Å². The quantitative estimate of drug-likeness (QED) is 0.743. The van der Waals surface area contributed by atoms with Gasteiger partial charge in [-0.25, -0.2) is 4.79 Å². The van der Waals surface area contributed by atoms with Crippen LogP contribution in [0.1, 0.15) is 45.4 Å². The summed E-state index contributed by atoms with van der Waals surface area (Å²) in [5.41, 5.74) is 1.02. The van der Waals surface area contributed by atoms with Gasteiger partial charge in [0.15, 0.2) is 0 Å². The summed E-state index contributed by atoms with van der Waals surface area (Å²) in [5.74, 6) is -0.253. The van der Waals surface area contributed by atoms with Crippen LogP contribution in [0.3, 0.4) is 0 Å². The van der Waals surface area contributed by atoms with Gasteiger partial charge in [-0.2, -0.15) is 4.98 Å². The maximum atomic E-state index is 12.8. The standard InChI is InChI=1S/C20H18N4O4/c25-19(15-5-1-2-6-16(15)20(26)27)24-10-7-13(8-11-24)18-22-17(23-28-18)14-4-3-9-21-12-14/h1-6,9,12-13H,7-8,10-11H2,(H,26,27). The molecule has 3 aromatic rings. The number of aromatic carboxylic acids is 1. The zero-order chi connectivity index (χ0) is 19.5. The maximum Gasteiger partial charge on any atom is 0.336 e. The van der Waals surface area contributed by atoms with Gasteiger partial charge in [-0.3, -0.25) is 9.78 Å². The number of likely N-dealkylation sites (tertiary alicyclic amines) is 1. The summed E-state index contributed by atoms with van der Waals surface area (Å²) in [6.45, 7) is 1.00. The third-order valence-electron chi connectivity index (χ3n) is 4.88. The highest BCUT2D eigenvalue weighted by Crippen LogP contribution is 2.29. The van der Waals surface area contributed by atoms with Crippen LogP contribution in [0.2, 0.25) is 0 Å². The third kappa shape index (κ3) is 3.48. The summed E-state index contributed by atoms with van der Waals surface area (Å²) >= 11 is 0. The Bertz CT molecular complexity index is 994. The van der Waals surface area contributed by atoms with E-state index in [2.05, 4.69) is 15.1 Å². The Morgan fingerprint density at radius 3 is 2.50 bits per heavy atom. The van der Waals surface area contributed by atoms with Crippen molar-refractivity contribution in [2.45, 2.75) is 18.8 Å². The van der Waals surface area contributed by atoms with E-state index >= 15 is 0 Å². The summed E-state index contributed by atoms with van der Waals surface area (Å²) in [6, 6.07) is 9.96. The molecule has 0 unspecified atom stereocenters. The number of rotatable bonds is 4. The largest absolute Gasteiger partial charge is 0.478 e. The monoisotopic (exact) mass is 378 g/mol. The summed E-state index contributed by atoms with van der Waals surface area (Å²) in [5, 5.41) is 13.3. The van der Waals surface area contributed by atoms with Crippen LogP contribution in [0.4, 0.5) is 0 Å². The number of benzene rings is 1. The van der Waals surface area contributed by atoms with Crippen molar-refractivity contribution in [2.24, 2.45) is 0 Å². The Morgan fingerprint density at radius 1 is 1.07 bits per heavy atom. The minimum atomic E-state index is -1.10. The SMILES string of the molecule is O=C(O)c1ccccc1C(=O)N1CCC(c2nc(-c3cccnc3)no2)CC1. The van der Waals surface area contributed by atoms with E-state index in [1.54, 1.807) is 35.5 Å². The summed E-state index contributed by atoms with van der Waals surface area (Å²) in [6.07, 6.45) is 4.71. The van der Waals surface area contributed by atoms with Crippen molar-refractivity contribution in [2.75, 3.05) is 13.1 Å². The van der Waals surface area contributed by atoms with Crippen LogP contribution in [0.15, 0.2) is 53.3 Å². The van der Waals surface area contributed by atoms with Gasteiger partial charge in [0.2, 0.25) is 11.7 Å². The molecule has 1 aliphatic heterocycles. The first-order valence-corrected chi connectivity index (χ1v) is 8.99. The second-order valence-corrected chi connectivity index (χ2v) is 6.62. The first-order chi connectivity index (χ1) is 13.6. The topological polar surface area (TPSA) is 109 Å². The fourth-order valence-corrected chi connectivity index (χ4v) is 3.37. The number of hydrogen-bond donors (Lipinski definition) is 1. The maximum absolute atomic E-state index is 12.8. The second-order valence-electron chi connectivity index (χ2n) is 6.62. The number of pyridine rings is 1. The molecule has 8 nitrogen and oxygen atoms in total. The lowest BCUT2D eigenvalue weighted by molar-refractivity contribution is 0.0658. The molecule has 0 aliphatic carbocycles. The highest BCUT2D eigenvalue weighted by atomic mass is 16.5. The summed E-state index contributed by atoms with van der Waals surface area (Å²) < 4.78 is 5.42. The molecule has 0 radical (unpaired) electrons. The Hall–Kier alpha value is -3.55. The average Bonchev–Trinajstić information content (AvgIpc) is 3.24. The molecule has 3 heterocycles. The zero-order valence-corrected chi connectivity index (χ0v) is 15.0. The molecule has 1 aromatic carbocycles. The van der Waals surface area contributed by atoms with Gasteiger partial charge < -0.3 is 14.5 Å². The number of piperidine rings is 1. The smallest absolute Gasteiger partial charge is 0.336 e. The molecule has 8 heteroatoms. The van der Waals surface area contributed by atoms with Crippen molar-refractivity contribution < 1.29 is 19.2 Å². The lowest BCUT2D eigenvalue weighted by Gasteiger charge is -2.30. The predicted molar refractivity (Wildman–Crippen MR) is 98.8 cm³/mol. The molecule has 1 saturated heterocycles. The second kappa shape index (κ2) is 7.59. The minimum absolute atomic E-state index is 0.0210. The molecule has 0 saturated carbocycles. The van der Waals surface area contributed by atoms with E-state index in [0.29, 0.717) is 37.6 Å². The van der Waals surface area contributed by atoms with Gasteiger partial charge in [0.05, 0.1) is 11.1 Å². The van der Waals surface area contributed by atoms with Crippen LogP contribution < -0.4 is 0 Å². The van der Waals surface area contributed by atoms with Crippen molar-refractivity contribution in [1.29, 1.82) is 0 Å². The molecular weight excluding hydrogens is 360 g/mol. The normalized spacial score (nSPS) is 14.8. The van der Waals surface area contributed by atoms with Crippen LogP contribution in [0, 0.1) is 0 Å². The zero-order valence-electron chi connectivity index (χ0n) is 15.0. The first-order valence-electron chi connectivity index (χ1n) is 8.99. The molecule has 2 aromatic heterocycles. The van der Waals surface area contributed by atoms with E-state index in [-0.39, 0.29) is 23.0 Å². The van der Waals surface area contributed by atoms with Crippen LogP contribution in [-0.4, -0.2) is 50.1 Å². The van der Waals surface area contributed by atoms with Gasteiger partial charge in [0.25, 0.3) is 5.91 Å². The number of carbonyl (C=O) groups excluding carboxylic acids is 1. The number of nitrogens with zero attached hydrogens (tertiary/aromatic N) is 4. The van der Waals surface area contributed by atoms with Crippen LogP contribution in [0.25, 0.3) is 11.4 Å². The van der Waals surface area contributed by atoms with Gasteiger partial charge >= 0.3 is 5.97 Å². The first kappa shape index (κ1) is 17.8. The molecule has 28 heavy (non-hydrogen) atoms. The number of carboxylic acid groups (broad SMARTS) is 1. The Labute approximate surface area is 160 Å². The van der Waals surface area contributed by atoms with Crippen LogP contribution in [0.5, 0.6) is 0 Å². The Kier molecular flexibility index (Phi) is 4.84. The van der Waals surface area contributed by atoms with E-state index < -0.39 is 5.97 Å². The van der Waals surface area contributed by atoms with Gasteiger partial charge in [-0.1, -0.05) is 17.3 Å². The highest BCUT2D eigenvalue weighted by molar-refractivity contribution is 6.04. The van der Waals surface area contributed by atoms with Gasteiger partial charge in [-0.05, 0) is 37.1 Å². The lowest BCUT2D eigenvalue weighted by atomic mass is 9.95. The molecule has 142 valence electrons. The average molecular weight is 378 g/mol. The molecule has 1 fully saturated rings. The minimum Gasteiger partial charge on any atom is -0.478 e. The van der Waals surface area contributed by atoms with Crippen molar-refractivity contribution >= 4 is 11.9 Å². The summed E-state index contributed by atoms with van der Waals surface area (Å²) in [4.78, 5) is 34.3. The van der Waals surface area contributed by atoms with Crippen molar-refractivity contribution in [3.63, 3.8) is 0 Å². The molecule has 4 rings (SSSR count). The van der Waals surface area contributed by atoms with E-state index in [9.17, 15) is 14.7 Å². The highest BCUT2D eigenvalue weighted by Gasteiger charge is 2.29. The van der Waals surface area contributed by atoms with Crippen molar-refractivity contribution in [1.82, 2.24) is 20.0 Å². The predicted octanol–water partition coefficient (Wildman–Crippen LogP) is 2.85. The van der Waals surface area contributed by atoms with E-state index in [0.717, 1.165) is 5.56 Å². The molecule has 0 spiro atoms. The van der Waals surface area contributed by atoms with Gasteiger partial charge in [-0.15, -0.1) is 0 Å². The van der Waals surface area contributed by atoms with E-state index in [1.165, 1.54) is 6.07 Å². The third-order valence-corrected chi connectivity index (χ3v) is 4.88. The number of hydrogen-bond acceptors (Lipinski definition) is 6. The molecule has 1 amide bonds. The number of aromatic nitrogens is 3. The molecule has 1 N–H and O–H groups in total. The molecular formula is C20H18N4O4. The number of carboxylic acids is 1. The Balaban J connectivity index is 1.43. The lowest BCUT2D eigenvalue weighted by Crippen LogP contribution is -2.38. The van der Waals surface area contributed by atoms with Crippen molar-refractivity contribution in [3.8, 4) is 11.4 Å². The summed E-state index contributed by atoms with van der Waals surface area (Å²) in [7, 11) is 0. The molecule has 0 atom stereocenters. The van der Waals surface area contributed by atoms with Gasteiger partial charge in [0.1, 0.15) is 0 Å². The van der Waals surface area contributed by atoms with Gasteiger partial charge in [0, 0.05) is 37.0 Å². The van der Waals surface area contributed by atoms with Crippen molar-refractivity contribution in [3.05, 3.63) is 65.8 Å². The number of carbonyl (C=O) groups is 2. The fraction of sp³-hybridized carbons (Fsp3) is 0.250. The number of amides is 1. The Morgan fingerprint density at radius 2 is 1.82 bits per heavy atom. The molecule has 0 bridgehead atoms. The fourth-order valence-electron chi connectivity index (χ4n) is 3.37. The molecule has 1 aliphatic rings. The van der Waals surface area contributed by atoms with Crippen LogP contribution in [-0.2, 0) is 0 Å².